The quantitative estimate of drug-likeness (QED) is 0.598. The smallest absolute Gasteiger partial charge is 0.326 e. The number of carbonyl (C=O) groups is 2. The van der Waals surface area contributed by atoms with Gasteiger partial charge in [-0.05, 0) is 18.1 Å². The molecule has 0 aromatic heterocycles. The normalized spacial score (nSPS) is 23.3. The monoisotopic (exact) mass is 339 g/mol. The van der Waals surface area contributed by atoms with Crippen LogP contribution in [0.15, 0.2) is 60.7 Å². The van der Waals surface area contributed by atoms with Gasteiger partial charge < -0.3 is 9.53 Å². The molecular weight excluding hydrogens is 318 g/mol. The van der Waals surface area contributed by atoms with E-state index in [4.69, 9.17) is 9.57 Å². The fourth-order valence-electron chi connectivity index (χ4n) is 2.97. The molecule has 0 spiro atoms. The largest absolute Gasteiger partial charge is 0.460 e. The number of aldehydes is 1. The lowest BCUT2D eigenvalue weighted by atomic mass is 9.97. The molecule has 0 radical (unpaired) electrons. The first-order chi connectivity index (χ1) is 12.2. The number of rotatable bonds is 6. The molecule has 0 aliphatic carbocycles. The van der Waals surface area contributed by atoms with Gasteiger partial charge in [0, 0.05) is 0 Å². The summed E-state index contributed by atoms with van der Waals surface area (Å²) in [5.74, 6) is -0.992. The van der Waals surface area contributed by atoms with Crippen molar-refractivity contribution in [2.45, 2.75) is 32.2 Å². The molecule has 1 saturated heterocycles. The Morgan fingerprint density at radius 3 is 2.28 bits per heavy atom. The van der Waals surface area contributed by atoms with Crippen molar-refractivity contribution in [3.05, 3.63) is 71.8 Å². The molecule has 0 N–H and O–H groups in total. The van der Waals surface area contributed by atoms with E-state index in [-0.39, 0.29) is 12.7 Å². The van der Waals surface area contributed by atoms with Crippen LogP contribution in [0, 0.1) is 5.92 Å². The van der Waals surface area contributed by atoms with E-state index in [1.54, 1.807) is 12.0 Å². The zero-order chi connectivity index (χ0) is 17.6. The van der Waals surface area contributed by atoms with Crippen LogP contribution in [0.25, 0.3) is 0 Å². The minimum atomic E-state index is -0.739. The number of hydroxylamine groups is 2. The van der Waals surface area contributed by atoms with Crippen LogP contribution in [-0.4, -0.2) is 29.5 Å². The van der Waals surface area contributed by atoms with Gasteiger partial charge in [0.05, 0.1) is 18.6 Å². The molecule has 25 heavy (non-hydrogen) atoms. The van der Waals surface area contributed by atoms with Gasteiger partial charge in [0.2, 0.25) is 0 Å². The second-order valence-corrected chi connectivity index (χ2v) is 6.12. The number of hydrogen-bond acceptors (Lipinski definition) is 5. The Labute approximate surface area is 147 Å². The van der Waals surface area contributed by atoms with Gasteiger partial charge >= 0.3 is 5.97 Å². The van der Waals surface area contributed by atoms with Crippen molar-refractivity contribution in [1.82, 2.24) is 5.06 Å². The fraction of sp³-hybridized carbons (Fsp3) is 0.300. The predicted molar refractivity (Wildman–Crippen MR) is 92.1 cm³/mol. The van der Waals surface area contributed by atoms with E-state index in [0.29, 0.717) is 6.54 Å². The number of carbonyl (C=O) groups excluding carboxylic acids is 2. The van der Waals surface area contributed by atoms with Gasteiger partial charge in [-0.3, -0.25) is 9.63 Å². The summed E-state index contributed by atoms with van der Waals surface area (Å²) in [6.45, 7) is 2.39. The average molecular weight is 339 g/mol. The third-order valence-corrected chi connectivity index (χ3v) is 4.32. The van der Waals surface area contributed by atoms with Crippen LogP contribution in [0.3, 0.4) is 0 Å². The second-order valence-electron chi connectivity index (χ2n) is 6.12. The second kappa shape index (κ2) is 8.05. The van der Waals surface area contributed by atoms with Crippen molar-refractivity contribution in [2.75, 3.05) is 0 Å². The first kappa shape index (κ1) is 17.3. The number of hydrogen-bond donors (Lipinski definition) is 0. The lowest BCUT2D eigenvalue weighted by Gasteiger charge is -2.22. The van der Waals surface area contributed by atoms with E-state index >= 15 is 0 Å². The Balaban J connectivity index is 1.71. The number of ether oxygens (including phenoxy) is 1. The van der Waals surface area contributed by atoms with Crippen molar-refractivity contribution in [3.8, 4) is 0 Å². The van der Waals surface area contributed by atoms with Crippen LogP contribution in [0.1, 0.15) is 18.1 Å². The van der Waals surface area contributed by atoms with Crippen LogP contribution < -0.4 is 0 Å². The Morgan fingerprint density at radius 1 is 1.08 bits per heavy atom. The fourth-order valence-corrected chi connectivity index (χ4v) is 2.97. The summed E-state index contributed by atoms with van der Waals surface area (Å²) in [4.78, 5) is 29.9. The summed E-state index contributed by atoms with van der Waals surface area (Å²) in [7, 11) is 0. The Bertz CT molecular complexity index is 704. The van der Waals surface area contributed by atoms with E-state index in [9.17, 15) is 9.59 Å². The van der Waals surface area contributed by atoms with E-state index in [2.05, 4.69) is 0 Å². The molecule has 0 unspecified atom stereocenters. The van der Waals surface area contributed by atoms with Crippen LogP contribution in [-0.2, 0) is 32.3 Å². The molecule has 3 rings (SSSR count). The van der Waals surface area contributed by atoms with Gasteiger partial charge in [-0.15, -0.1) is 0 Å². The van der Waals surface area contributed by atoms with Gasteiger partial charge in [-0.2, -0.15) is 5.06 Å². The third kappa shape index (κ3) is 4.13. The average Bonchev–Trinajstić information content (AvgIpc) is 2.96. The van der Waals surface area contributed by atoms with E-state index < -0.39 is 17.9 Å². The Hall–Kier alpha value is -2.50. The van der Waals surface area contributed by atoms with Crippen LogP contribution in [0.2, 0.25) is 0 Å². The summed E-state index contributed by atoms with van der Waals surface area (Å²) in [5.41, 5.74) is 1.90. The highest BCUT2D eigenvalue weighted by atomic mass is 16.7. The molecule has 1 heterocycles. The predicted octanol–water partition coefficient (Wildman–Crippen LogP) is 2.75. The maximum Gasteiger partial charge on any atom is 0.326 e. The van der Waals surface area contributed by atoms with Crippen molar-refractivity contribution < 1.29 is 19.2 Å². The molecular formula is C20H21NO4. The molecule has 2 aromatic carbocycles. The van der Waals surface area contributed by atoms with Crippen LogP contribution in [0.4, 0.5) is 0 Å². The first-order valence-corrected chi connectivity index (χ1v) is 8.32. The molecule has 1 aliphatic rings. The lowest BCUT2D eigenvalue weighted by Crippen LogP contribution is -2.40. The highest BCUT2D eigenvalue weighted by Crippen LogP contribution is 2.29. The summed E-state index contributed by atoms with van der Waals surface area (Å²) in [5, 5.41) is 1.56. The Morgan fingerprint density at radius 2 is 1.68 bits per heavy atom. The van der Waals surface area contributed by atoms with Gasteiger partial charge in [-0.25, -0.2) is 0 Å². The van der Waals surface area contributed by atoms with Crippen molar-refractivity contribution in [2.24, 2.45) is 5.92 Å². The Kier molecular flexibility index (Phi) is 5.58. The molecule has 0 saturated carbocycles. The summed E-state index contributed by atoms with van der Waals surface area (Å²) in [6.07, 6.45) is 0.417. The van der Waals surface area contributed by atoms with Crippen molar-refractivity contribution in [1.29, 1.82) is 0 Å². The van der Waals surface area contributed by atoms with E-state index in [0.717, 1.165) is 17.4 Å². The number of benzene rings is 2. The minimum Gasteiger partial charge on any atom is -0.460 e. The van der Waals surface area contributed by atoms with Crippen LogP contribution >= 0.6 is 0 Å². The van der Waals surface area contributed by atoms with E-state index in [1.807, 2.05) is 60.7 Å². The standard InChI is InChI=1S/C20H21NO4/c1-15-18(13-22)19(20(23)24-14-17-10-6-3-7-11-17)21(25-15)12-16-8-4-2-5-9-16/h2-11,13,15,18-19H,12,14H2,1H3/t15-,18-,19+/m1/s1. The molecule has 130 valence electrons. The zero-order valence-electron chi connectivity index (χ0n) is 14.1. The maximum atomic E-state index is 12.6. The highest BCUT2D eigenvalue weighted by molar-refractivity contribution is 5.80. The van der Waals surface area contributed by atoms with Gasteiger partial charge in [-0.1, -0.05) is 60.7 Å². The summed E-state index contributed by atoms with van der Waals surface area (Å²) in [6, 6.07) is 18.4. The number of nitrogens with zero attached hydrogens (tertiary/aromatic N) is 1. The van der Waals surface area contributed by atoms with Crippen LogP contribution in [0.5, 0.6) is 0 Å². The molecule has 1 fully saturated rings. The van der Waals surface area contributed by atoms with Gasteiger partial charge in [0.1, 0.15) is 18.9 Å². The topological polar surface area (TPSA) is 55.8 Å². The molecule has 5 nitrogen and oxygen atoms in total. The molecule has 0 amide bonds. The minimum absolute atomic E-state index is 0.176. The van der Waals surface area contributed by atoms with E-state index in [1.165, 1.54) is 0 Å². The maximum absolute atomic E-state index is 12.6. The third-order valence-electron chi connectivity index (χ3n) is 4.32. The van der Waals surface area contributed by atoms with Gasteiger partial charge in [0.15, 0.2) is 0 Å². The van der Waals surface area contributed by atoms with Crippen molar-refractivity contribution >= 4 is 12.3 Å². The summed E-state index contributed by atoms with van der Waals surface area (Å²) < 4.78 is 5.44. The lowest BCUT2D eigenvalue weighted by molar-refractivity contribution is -0.185. The SMILES string of the molecule is C[C@H]1ON(Cc2ccccc2)[C@H](C(=O)OCc2ccccc2)[C@@H]1C=O. The first-order valence-electron chi connectivity index (χ1n) is 8.32. The molecule has 1 aliphatic heterocycles. The van der Waals surface area contributed by atoms with Gasteiger partial charge in [0.25, 0.3) is 0 Å². The highest BCUT2D eigenvalue weighted by Gasteiger charge is 2.46. The molecule has 0 bridgehead atoms. The molecule has 5 heteroatoms. The number of esters is 1. The summed E-state index contributed by atoms with van der Waals surface area (Å²) >= 11 is 0. The molecule has 2 aromatic rings. The molecule has 3 atom stereocenters. The zero-order valence-corrected chi connectivity index (χ0v) is 14.1. The van der Waals surface area contributed by atoms with Crippen molar-refractivity contribution in [3.63, 3.8) is 0 Å².